The van der Waals surface area contributed by atoms with Crippen molar-refractivity contribution in [2.45, 2.75) is 463 Å². The quantitative estimate of drug-likeness (QED) is 0.0320. The van der Waals surface area contributed by atoms with Crippen LogP contribution in [0.15, 0.2) is 48.6 Å². The highest BCUT2D eigenvalue weighted by Crippen LogP contribution is 2.20. The molecule has 6 nitrogen and oxygen atoms in total. The van der Waals surface area contributed by atoms with E-state index in [1.807, 2.05) is 6.08 Å². The lowest BCUT2D eigenvalue weighted by molar-refractivity contribution is -0.143. The van der Waals surface area contributed by atoms with E-state index in [4.69, 9.17) is 4.74 Å². The maximum absolute atomic E-state index is 12.6. The summed E-state index contributed by atoms with van der Waals surface area (Å²) < 4.78 is 5.51. The summed E-state index contributed by atoms with van der Waals surface area (Å²) in [6.45, 7) is 4.93. The molecule has 0 aliphatic carbocycles. The molecule has 0 aliphatic rings. The molecule has 0 radical (unpaired) electrons. The monoisotopic (exact) mass is 1260 g/mol. The Morgan fingerprint density at radius 2 is 0.556 bits per heavy atom. The summed E-state index contributed by atoms with van der Waals surface area (Å²) in [6.07, 6.45) is 105. The lowest BCUT2D eigenvalue weighted by Crippen LogP contribution is -2.45. The van der Waals surface area contributed by atoms with Gasteiger partial charge in [-0.3, -0.25) is 9.59 Å². The van der Waals surface area contributed by atoms with Crippen LogP contribution in [0.25, 0.3) is 0 Å². The van der Waals surface area contributed by atoms with Gasteiger partial charge in [-0.2, -0.15) is 0 Å². The molecule has 2 unspecified atom stereocenters. The van der Waals surface area contributed by atoms with E-state index in [-0.39, 0.29) is 18.5 Å². The first kappa shape index (κ1) is 87.8. The number of aliphatic hydroxyl groups is 2. The van der Waals surface area contributed by atoms with E-state index >= 15 is 0 Å². The van der Waals surface area contributed by atoms with E-state index < -0.39 is 12.1 Å². The topological polar surface area (TPSA) is 95.9 Å². The minimum absolute atomic E-state index is 0.0117. The van der Waals surface area contributed by atoms with Gasteiger partial charge in [-0.25, -0.2) is 0 Å². The van der Waals surface area contributed by atoms with E-state index in [1.54, 1.807) is 6.08 Å². The fourth-order valence-electron chi connectivity index (χ4n) is 12.8. The van der Waals surface area contributed by atoms with E-state index in [0.29, 0.717) is 19.4 Å². The predicted molar refractivity (Wildman–Crippen MR) is 398 cm³/mol. The molecule has 2 atom stereocenters. The molecular weight excluding hydrogens is 1100 g/mol. The second-order valence-corrected chi connectivity index (χ2v) is 28.1. The molecule has 0 heterocycles. The zero-order valence-electron chi connectivity index (χ0n) is 60.9. The molecule has 0 aliphatic heterocycles. The summed E-state index contributed by atoms with van der Waals surface area (Å²) in [5.41, 5.74) is 0. The third kappa shape index (κ3) is 74.9. The van der Waals surface area contributed by atoms with Crippen molar-refractivity contribution in [1.29, 1.82) is 0 Å². The van der Waals surface area contributed by atoms with Crippen LogP contribution < -0.4 is 5.32 Å². The van der Waals surface area contributed by atoms with Gasteiger partial charge in [0.1, 0.15) is 0 Å². The van der Waals surface area contributed by atoms with Gasteiger partial charge in [-0.15, -0.1) is 0 Å². The predicted octanol–water partition coefficient (Wildman–Crippen LogP) is 27.2. The highest BCUT2D eigenvalue weighted by molar-refractivity contribution is 5.76. The van der Waals surface area contributed by atoms with E-state index in [1.165, 1.54) is 372 Å². The summed E-state index contributed by atoms with van der Waals surface area (Å²) in [5.74, 6) is -0.0488. The van der Waals surface area contributed by atoms with Gasteiger partial charge in [-0.05, 0) is 89.9 Å². The average molecular weight is 1260 g/mol. The Morgan fingerprint density at radius 1 is 0.311 bits per heavy atom. The molecule has 530 valence electrons. The maximum Gasteiger partial charge on any atom is 0.305 e. The summed E-state index contributed by atoms with van der Waals surface area (Å²) in [5, 5.41) is 23.3. The van der Waals surface area contributed by atoms with Crippen molar-refractivity contribution in [2.24, 2.45) is 0 Å². The average Bonchev–Trinajstić information content (AvgIpc) is 3.59. The molecule has 1 amide bonds. The first-order chi connectivity index (χ1) is 44.5. The fraction of sp³-hybridized carbons (Fsp3) is 0.881. The maximum atomic E-state index is 12.6. The zero-order chi connectivity index (χ0) is 64.9. The summed E-state index contributed by atoms with van der Waals surface area (Å²) in [7, 11) is 0. The number of ether oxygens (including phenoxy) is 1. The molecule has 6 heteroatoms. The Hall–Kier alpha value is -2.18. The molecule has 0 spiro atoms. The Balaban J connectivity index is 3.37. The number of allylic oxidation sites excluding steroid dienone is 7. The SMILES string of the molecule is CCCCCC/C=C\C/C=C\CCCCCCCCCC(=O)OCCCCCCCCCCCCCC/C=C\CCCCCCCCCCCCCCCCCCCC(=O)NC(CO)C(O)/C=C/CCCCCCCCCCCCCCCCCCCCCC. The van der Waals surface area contributed by atoms with Crippen LogP contribution in [-0.2, 0) is 14.3 Å². The molecule has 0 rings (SSSR count). The summed E-state index contributed by atoms with van der Waals surface area (Å²) in [6, 6.07) is -0.627. The summed E-state index contributed by atoms with van der Waals surface area (Å²) >= 11 is 0. The number of aliphatic hydroxyl groups excluding tert-OH is 2. The van der Waals surface area contributed by atoms with Gasteiger partial charge in [0.2, 0.25) is 5.91 Å². The van der Waals surface area contributed by atoms with Crippen molar-refractivity contribution >= 4 is 11.9 Å². The lowest BCUT2D eigenvalue weighted by Gasteiger charge is -2.20. The van der Waals surface area contributed by atoms with Crippen LogP contribution in [0.5, 0.6) is 0 Å². The van der Waals surface area contributed by atoms with Crippen LogP contribution >= 0.6 is 0 Å². The second-order valence-electron chi connectivity index (χ2n) is 28.1. The van der Waals surface area contributed by atoms with Gasteiger partial charge < -0.3 is 20.3 Å². The standard InChI is InChI=1S/C84H159NO5/c1-3-5-7-9-11-13-15-17-19-21-23-24-38-41-44-48-52-56-60-64-68-72-76-82(87)81(80-86)85-83(88)77-73-69-65-61-57-53-49-45-42-39-36-34-32-30-28-26-25-27-29-31-33-35-37-40-43-47-51-55-59-63-67-71-75-79-90-84(89)78-74-70-66-62-58-54-50-46-22-20-18-16-14-12-10-8-6-4-2/h14,16,20,22,29,31,72,76,81-82,86-87H,3-13,15,17-19,21,23-28,30,32-71,73-75,77-80H2,1-2H3,(H,85,88)/b16-14-,22-20-,31-29-,76-72+. The molecule has 0 aromatic rings. The van der Waals surface area contributed by atoms with Gasteiger partial charge in [0, 0.05) is 12.8 Å². The third-order valence-electron chi connectivity index (χ3n) is 19.1. The number of esters is 1. The molecule has 0 fully saturated rings. The molecule has 0 bridgehead atoms. The van der Waals surface area contributed by atoms with Gasteiger partial charge in [0.25, 0.3) is 0 Å². The van der Waals surface area contributed by atoms with Gasteiger partial charge in [0.05, 0.1) is 25.4 Å². The smallest absolute Gasteiger partial charge is 0.305 e. The molecular formula is C84H159NO5. The first-order valence-corrected chi connectivity index (χ1v) is 40.9. The summed E-state index contributed by atoms with van der Waals surface area (Å²) in [4.78, 5) is 24.7. The van der Waals surface area contributed by atoms with Crippen molar-refractivity contribution in [3.63, 3.8) is 0 Å². The number of amides is 1. The Kier molecular flexibility index (Phi) is 77.3. The third-order valence-corrected chi connectivity index (χ3v) is 19.1. The highest BCUT2D eigenvalue weighted by Gasteiger charge is 2.18. The molecule has 0 aromatic heterocycles. The second kappa shape index (κ2) is 79.3. The van der Waals surface area contributed by atoms with E-state index in [2.05, 4.69) is 55.6 Å². The van der Waals surface area contributed by atoms with Gasteiger partial charge >= 0.3 is 5.97 Å². The van der Waals surface area contributed by atoms with Crippen molar-refractivity contribution in [3.8, 4) is 0 Å². The van der Waals surface area contributed by atoms with Gasteiger partial charge in [-0.1, -0.05) is 396 Å². The van der Waals surface area contributed by atoms with Crippen LogP contribution in [-0.4, -0.2) is 47.4 Å². The van der Waals surface area contributed by atoms with Crippen molar-refractivity contribution < 1.29 is 24.5 Å². The van der Waals surface area contributed by atoms with Gasteiger partial charge in [0.15, 0.2) is 0 Å². The van der Waals surface area contributed by atoms with Crippen molar-refractivity contribution in [1.82, 2.24) is 5.32 Å². The van der Waals surface area contributed by atoms with Crippen LogP contribution in [0.2, 0.25) is 0 Å². The van der Waals surface area contributed by atoms with Crippen molar-refractivity contribution in [2.75, 3.05) is 13.2 Å². The number of nitrogens with one attached hydrogen (secondary N) is 1. The molecule has 0 saturated heterocycles. The number of hydrogen-bond donors (Lipinski definition) is 3. The Morgan fingerprint density at radius 3 is 0.867 bits per heavy atom. The number of rotatable bonds is 77. The zero-order valence-corrected chi connectivity index (χ0v) is 60.9. The molecule has 3 N–H and O–H groups in total. The minimum atomic E-state index is -0.844. The number of unbranched alkanes of at least 4 members (excludes halogenated alkanes) is 60. The largest absolute Gasteiger partial charge is 0.466 e. The molecule has 90 heavy (non-hydrogen) atoms. The van der Waals surface area contributed by atoms with Crippen LogP contribution in [0, 0.1) is 0 Å². The normalized spacial score (nSPS) is 12.7. The lowest BCUT2D eigenvalue weighted by atomic mass is 10.0. The van der Waals surface area contributed by atoms with Crippen LogP contribution in [0.4, 0.5) is 0 Å². The van der Waals surface area contributed by atoms with E-state index in [9.17, 15) is 19.8 Å². The number of carbonyl (C=O) groups excluding carboxylic acids is 2. The van der Waals surface area contributed by atoms with Crippen molar-refractivity contribution in [3.05, 3.63) is 48.6 Å². The minimum Gasteiger partial charge on any atom is -0.466 e. The first-order valence-electron chi connectivity index (χ1n) is 40.9. The van der Waals surface area contributed by atoms with Crippen LogP contribution in [0.3, 0.4) is 0 Å². The van der Waals surface area contributed by atoms with Crippen LogP contribution in [0.1, 0.15) is 450 Å². The fourth-order valence-corrected chi connectivity index (χ4v) is 12.8. The number of carbonyl (C=O) groups is 2. The highest BCUT2D eigenvalue weighted by atomic mass is 16.5. The Labute approximate surface area is 563 Å². The Bertz CT molecular complexity index is 1500. The molecule has 0 saturated carbocycles. The van der Waals surface area contributed by atoms with E-state index in [0.717, 1.165) is 51.4 Å². The molecule has 0 aromatic carbocycles. The number of hydrogen-bond acceptors (Lipinski definition) is 5.